The van der Waals surface area contributed by atoms with Crippen LogP contribution in [0.25, 0.3) is 0 Å². The third kappa shape index (κ3) is 9.22. The lowest BCUT2D eigenvalue weighted by atomic mass is 9.67. The highest BCUT2D eigenvalue weighted by molar-refractivity contribution is 7.99. The van der Waals surface area contributed by atoms with Crippen LogP contribution in [0.1, 0.15) is 88.2 Å². The summed E-state index contributed by atoms with van der Waals surface area (Å²) in [6.07, 6.45) is -0.856. The van der Waals surface area contributed by atoms with Gasteiger partial charge in [-0.15, -0.1) is 11.8 Å². The molecule has 2 atom stereocenters. The number of phenols is 2. The minimum absolute atomic E-state index is 0.123. The highest BCUT2D eigenvalue weighted by Crippen LogP contribution is 2.54. The Hall–Kier alpha value is -2.05. The lowest BCUT2D eigenvalue weighted by Crippen LogP contribution is -2.37. The van der Waals surface area contributed by atoms with Crippen LogP contribution < -0.4 is 4.72 Å². The lowest BCUT2D eigenvalue weighted by molar-refractivity contribution is -0.284. The van der Waals surface area contributed by atoms with Crippen molar-refractivity contribution in [3.63, 3.8) is 0 Å². The van der Waals surface area contributed by atoms with Crippen molar-refractivity contribution in [1.82, 2.24) is 4.72 Å². The van der Waals surface area contributed by atoms with E-state index in [0.717, 1.165) is 61.2 Å². The minimum atomic E-state index is -5.68. The summed E-state index contributed by atoms with van der Waals surface area (Å²) < 4.78 is 88.5. The van der Waals surface area contributed by atoms with Gasteiger partial charge in [0.05, 0.1) is 5.75 Å². The van der Waals surface area contributed by atoms with E-state index in [1.807, 2.05) is 30.3 Å². The third-order valence-electron chi connectivity index (χ3n) is 8.00. The molecule has 0 fully saturated rings. The Morgan fingerprint density at radius 1 is 0.929 bits per heavy atom. The maximum atomic E-state index is 12.9. The maximum Gasteiger partial charge on any atom is 0.453 e. The van der Waals surface area contributed by atoms with Crippen molar-refractivity contribution in [2.45, 2.75) is 99.5 Å². The van der Waals surface area contributed by atoms with E-state index in [1.54, 1.807) is 23.9 Å². The van der Waals surface area contributed by atoms with Crippen molar-refractivity contribution in [3.05, 3.63) is 53.6 Å². The molecule has 0 amide bonds. The molecule has 1 heterocycles. The number of fused-ring (bicyclic) bond motifs is 1. The molecule has 0 aliphatic carbocycles. The first kappa shape index (κ1) is 34.4. The molecule has 42 heavy (non-hydrogen) atoms. The Labute approximate surface area is 249 Å². The number of hydrogen-bond acceptors (Lipinski definition) is 5. The van der Waals surface area contributed by atoms with Crippen LogP contribution in [0.15, 0.2) is 47.4 Å². The molecule has 1 aliphatic heterocycles. The zero-order valence-electron chi connectivity index (χ0n) is 23.7. The van der Waals surface area contributed by atoms with Crippen LogP contribution in [0.5, 0.6) is 11.5 Å². The van der Waals surface area contributed by atoms with E-state index >= 15 is 0 Å². The molecule has 12 heteroatoms. The van der Waals surface area contributed by atoms with Gasteiger partial charge >= 0.3 is 12.1 Å². The lowest BCUT2D eigenvalue weighted by Gasteiger charge is -2.43. The number of phenolic OH excluding ortho intramolecular Hbond substituents is 2. The average Bonchev–Trinajstić information content (AvgIpc) is 2.90. The number of unbranched alkanes of at least 4 members (excludes halogenated alkanes) is 6. The van der Waals surface area contributed by atoms with E-state index in [1.165, 1.54) is 5.56 Å². The van der Waals surface area contributed by atoms with Gasteiger partial charge in [-0.25, -0.2) is 13.1 Å². The Balaban J connectivity index is 1.38. The summed E-state index contributed by atoms with van der Waals surface area (Å²) in [6, 6.07) is 13.0. The van der Waals surface area contributed by atoms with Gasteiger partial charge in [-0.3, -0.25) is 0 Å². The average molecular weight is 638 g/mol. The van der Waals surface area contributed by atoms with E-state index in [9.17, 15) is 40.6 Å². The zero-order chi connectivity index (χ0) is 31.0. The second-order valence-electron chi connectivity index (χ2n) is 11.3. The number of sulfonamides is 1. The molecule has 2 aromatic rings. The van der Waals surface area contributed by atoms with Gasteiger partial charge in [0.1, 0.15) is 11.5 Å². The number of aromatic hydroxyl groups is 2. The summed E-state index contributed by atoms with van der Waals surface area (Å²) in [7, 11) is -3.90. The number of thioether (sulfide) groups is 1. The zero-order valence-corrected chi connectivity index (χ0v) is 25.4. The SMILES string of the molecule is CC1(c2ccccc2O)CSc2cc(O)ccc2C1CCCCCCCCCNS(=O)(=O)CCCC(F)(F)C(F)(F)F. The fourth-order valence-corrected chi connectivity index (χ4v) is 8.10. The number of alkyl halides is 5. The fourth-order valence-electron chi connectivity index (χ4n) is 5.59. The van der Waals surface area contributed by atoms with Crippen LogP contribution in [-0.2, 0) is 15.4 Å². The van der Waals surface area contributed by atoms with E-state index in [-0.39, 0.29) is 29.4 Å². The molecule has 0 saturated carbocycles. The van der Waals surface area contributed by atoms with Gasteiger partial charge in [-0.05, 0) is 48.9 Å². The molecule has 0 radical (unpaired) electrons. The summed E-state index contributed by atoms with van der Waals surface area (Å²) >= 11 is 1.70. The predicted molar refractivity (Wildman–Crippen MR) is 156 cm³/mol. The Morgan fingerprint density at radius 2 is 1.57 bits per heavy atom. The first-order chi connectivity index (χ1) is 19.7. The van der Waals surface area contributed by atoms with Gasteiger partial charge in [0.15, 0.2) is 0 Å². The van der Waals surface area contributed by atoms with Crippen molar-refractivity contribution >= 4 is 21.8 Å². The molecular weight excluding hydrogens is 597 g/mol. The second kappa shape index (κ2) is 14.6. The minimum Gasteiger partial charge on any atom is -0.508 e. The smallest absolute Gasteiger partial charge is 0.453 e. The van der Waals surface area contributed by atoms with Crippen molar-refractivity contribution in [3.8, 4) is 11.5 Å². The van der Waals surface area contributed by atoms with E-state index < -0.39 is 40.7 Å². The maximum absolute atomic E-state index is 12.9. The van der Waals surface area contributed by atoms with Crippen LogP contribution in [0.2, 0.25) is 0 Å². The van der Waals surface area contributed by atoms with Crippen molar-refractivity contribution < 1.29 is 40.6 Å². The summed E-state index contributed by atoms with van der Waals surface area (Å²) in [4.78, 5) is 1.07. The number of nitrogens with one attached hydrogen (secondary N) is 1. The largest absolute Gasteiger partial charge is 0.508 e. The first-order valence-corrected chi connectivity index (χ1v) is 17.0. The number of benzene rings is 2. The van der Waals surface area contributed by atoms with Crippen LogP contribution >= 0.6 is 11.8 Å². The number of halogens is 5. The molecule has 2 aromatic carbocycles. The molecule has 0 saturated heterocycles. The molecule has 3 rings (SSSR count). The number of hydrogen-bond donors (Lipinski definition) is 3. The van der Waals surface area contributed by atoms with Gasteiger partial charge in [0.2, 0.25) is 10.0 Å². The Kier molecular flexibility index (Phi) is 12.0. The Bertz CT molecular complexity index is 1270. The second-order valence-corrected chi connectivity index (χ2v) is 14.2. The molecule has 3 N–H and O–H groups in total. The predicted octanol–water partition coefficient (Wildman–Crippen LogP) is 8.26. The molecule has 5 nitrogen and oxygen atoms in total. The number of para-hydroxylation sites is 1. The summed E-state index contributed by atoms with van der Waals surface area (Å²) in [6.45, 7) is 2.32. The van der Waals surface area contributed by atoms with Gasteiger partial charge in [0.25, 0.3) is 0 Å². The summed E-state index contributed by atoms with van der Waals surface area (Å²) in [5, 5.41) is 20.6. The van der Waals surface area contributed by atoms with Gasteiger partial charge in [-0.1, -0.05) is 69.7 Å². The molecular formula is C30H40F5NO4S2. The highest BCUT2D eigenvalue weighted by atomic mass is 32.2. The van der Waals surface area contributed by atoms with Crippen LogP contribution in [-0.4, -0.2) is 48.8 Å². The van der Waals surface area contributed by atoms with Gasteiger partial charge in [0, 0.05) is 34.6 Å². The highest BCUT2D eigenvalue weighted by Gasteiger charge is 2.56. The van der Waals surface area contributed by atoms with Crippen LogP contribution in [0.4, 0.5) is 22.0 Å². The van der Waals surface area contributed by atoms with E-state index in [0.29, 0.717) is 6.42 Å². The Morgan fingerprint density at radius 3 is 2.24 bits per heavy atom. The molecule has 0 bridgehead atoms. The number of rotatable bonds is 16. The molecule has 236 valence electrons. The molecule has 1 aliphatic rings. The van der Waals surface area contributed by atoms with Gasteiger partial charge in [-0.2, -0.15) is 22.0 Å². The monoisotopic (exact) mass is 637 g/mol. The van der Waals surface area contributed by atoms with Crippen molar-refractivity contribution in [2.75, 3.05) is 18.1 Å². The summed E-state index contributed by atoms with van der Waals surface area (Å²) in [5.41, 5.74) is 1.84. The normalized spacial score (nSPS) is 19.5. The van der Waals surface area contributed by atoms with Crippen molar-refractivity contribution in [2.24, 2.45) is 0 Å². The quantitative estimate of drug-likeness (QED) is 0.127. The topological polar surface area (TPSA) is 86.6 Å². The molecule has 0 spiro atoms. The summed E-state index contributed by atoms with van der Waals surface area (Å²) in [5.74, 6) is -4.17. The van der Waals surface area contributed by atoms with Crippen molar-refractivity contribution in [1.29, 1.82) is 0 Å². The molecule has 2 unspecified atom stereocenters. The van der Waals surface area contributed by atoms with E-state index in [2.05, 4.69) is 11.6 Å². The standard InChI is InChI=1S/C30H40F5NO4S2/c1-28(25-13-8-9-14-26(25)38)21-41-27-20-22(37)15-16-23(27)24(28)12-7-5-3-2-4-6-10-18-36-42(39,40)19-11-17-29(31,32)30(33,34)35/h8-9,13-16,20,24,36-38H,2-7,10-12,17-19,21H2,1H3. The van der Waals surface area contributed by atoms with E-state index in [4.69, 9.17) is 0 Å². The first-order valence-electron chi connectivity index (χ1n) is 14.3. The van der Waals surface area contributed by atoms with Gasteiger partial charge < -0.3 is 10.2 Å². The van der Waals surface area contributed by atoms with Crippen LogP contribution in [0.3, 0.4) is 0 Å². The third-order valence-corrected chi connectivity index (χ3v) is 10.9. The molecule has 0 aromatic heterocycles. The van der Waals surface area contributed by atoms with Crippen LogP contribution in [0, 0.1) is 0 Å². The fraction of sp³-hybridized carbons (Fsp3) is 0.600.